The topological polar surface area (TPSA) is 76.7 Å². The normalized spacial score (nSPS) is 16.6. The summed E-state index contributed by atoms with van der Waals surface area (Å²) in [5.74, 6) is -0.451. The van der Waals surface area contributed by atoms with Crippen molar-refractivity contribution in [3.8, 4) is 0 Å². The lowest BCUT2D eigenvalue weighted by atomic mass is 9.92. The minimum Gasteiger partial charge on any atom is -0.481 e. The first kappa shape index (κ1) is 13.1. The highest BCUT2D eigenvalue weighted by Crippen LogP contribution is 2.30. The monoisotopic (exact) mass is 275 g/mol. The number of hydrogen-bond acceptors (Lipinski definition) is 4. The van der Waals surface area contributed by atoms with E-state index in [0.29, 0.717) is 12.3 Å². The average molecular weight is 275 g/mol. The van der Waals surface area contributed by atoms with Gasteiger partial charge in [0.25, 0.3) is 0 Å². The van der Waals surface area contributed by atoms with Gasteiger partial charge in [-0.25, -0.2) is 9.50 Å². The van der Waals surface area contributed by atoms with Gasteiger partial charge >= 0.3 is 5.97 Å². The van der Waals surface area contributed by atoms with E-state index in [1.54, 1.807) is 10.7 Å². The number of rotatable bonds is 4. The first-order valence-corrected chi connectivity index (χ1v) is 6.87. The largest absolute Gasteiger partial charge is 0.481 e. The van der Waals surface area contributed by atoms with Crippen molar-refractivity contribution < 1.29 is 14.6 Å². The molecule has 0 atom stereocenters. The van der Waals surface area contributed by atoms with Gasteiger partial charge in [-0.1, -0.05) is 0 Å². The number of carbonyl (C=O) groups is 1. The maximum absolute atomic E-state index is 10.9. The second kappa shape index (κ2) is 5.58. The van der Waals surface area contributed by atoms with Crippen LogP contribution in [0.4, 0.5) is 0 Å². The third-order valence-electron chi connectivity index (χ3n) is 3.72. The molecule has 1 N–H and O–H groups in total. The van der Waals surface area contributed by atoms with Gasteiger partial charge in [0.1, 0.15) is 0 Å². The Morgan fingerprint density at radius 2 is 2.25 bits per heavy atom. The van der Waals surface area contributed by atoms with Gasteiger partial charge in [0.2, 0.25) is 0 Å². The van der Waals surface area contributed by atoms with Gasteiger partial charge < -0.3 is 9.84 Å². The van der Waals surface area contributed by atoms with E-state index in [0.717, 1.165) is 43.0 Å². The number of ether oxygens (including phenoxy) is 1. The van der Waals surface area contributed by atoms with E-state index in [4.69, 9.17) is 9.84 Å². The molecular formula is C14H17N3O3. The highest BCUT2D eigenvalue weighted by atomic mass is 16.5. The minimum atomic E-state index is -0.793. The van der Waals surface area contributed by atoms with E-state index >= 15 is 0 Å². The Balaban J connectivity index is 1.99. The van der Waals surface area contributed by atoms with Crippen LogP contribution in [0.1, 0.15) is 36.4 Å². The zero-order valence-electron chi connectivity index (χ0n) is 11.2. The fourth-order valence-corrected chi connectivity index (χ4v) is 2.72. The number of fused-ring (bicyclic) bond motifs is 1. The molecule has 2 aromatic heterocycles. The molecule has 106 valence electrons. The number of aromatic nitrogens is 3. The quantitative estimate of drug-likeness (QED) is 0.918. The van der Waals surface area contributed by atoms with E-state index in [1.807, 2.05) is 12.3 Å². The molecule has 1 saturated heterocycles. The van der Waals surface area contributed by atoms with Crippen molar-refractivity contribution in [3.05, 3.63) is 29.7 Å². The Morgan fingerprint density at radius 3 is 3.00 bits per heavy atom. The van der Waals surface area contributed by atoms with Gasteiger partial charge in [-0.05, 0) is 25.3 Å². The molecule has 0 amide bonds. The van der Waals surface area contributed by atoms with Gasteiger partial charge in [-0.15, -0.1) is 0 Å². The summed E-state index contributed by atoms with van der Waals surface area (Å²) >= 11 is 0. The second-order valence-corrected chi connectivity index (χ2v) is 5.03. The zero-order valence-corrected chi connectivity index (χ0v) is 11.2. The molecular weight excluding hydrogens is 258 g/mol. The van der Waals surface area contributed by atoms with Crippen LogP contribution >= 0.6 is 0 Å². The van der Waals surface area contributed by atoms with Gasteiger partial charge in [0.15, 0.2) is 5.65 Å². The predicted molar refractivity (Wildman–Crippen MR) is 71.7 cm³/mol. The van der Waals surface area contributed by atoms with Crippen LogP contribution in [0.3, 0.4) is 0 Å². The lowest BCUT2D eigenvalue weighted by molar-refractivity contribution is -0.136. The lowest BCUT2D eigenvalue weighted by Gasteiger charge is -2.21. The first-order valence-electron chi connectivity index (χ1n) is 6.87. The molecule has 3 rings (SSSR count). The van der Waals surface area contributed by atoms with Crippen LogP contribution in [0.5, 0.6) is 0 Å². The van der Waals surface area contributed by atoms with E-state index in [2.05, 4.69) is 10.1 Å². The molecule has 0 saturated carbocycles. The van der Waals surface area contributed by atoms with Gasteiger partial charge in [0, 0.05) is 43.5 Å². The Bertz CT molecular complexity index is 617. The third kappa shape index (κ3) is 2.51. The Labute approximate surface area is 116 Å². The highest BCUT2D eigenvalue weighted by Gasteiger charge is 2.24. The van der Waals surface area contributed by atoms with Crippen molar-refractivity contribution in [2.24, 2.45) is 0 Å². The average Bonchev–Trinajstić information content (AvgIpc) is 2.84. The van der Waals surface area contributed by atoms with Crippen LogP contribution in [-0.4, -0.2) is 38.9 Å². The van der Waals surface area contributed by atoms with E-state index < -0.39 is 5.97 Å². The molecule has 0 aromatic carbocycles. The molecule has 1 aliphatic heterocycles. The summed E-state index contributed by atoms with van der Waals surface area (Å²) in [6, 6.07) is 1.83. The van der Waals surface area contributed by atoms with Crippen LogP contribution in [0, 0.1) is 0 Å². The number of hydrogen-bond donors (Lipinski definition) is 1. The fourth-order valence-electron chi connectivity index (χ4n) is 2.72. The Kier molecular flexibility index (Phi) is 3.64. The van der Waals surface area contributed by atoms with Crippen molar-refractivity contribution in [1.29, 1.82) is 0 Å². The maximum Gasteiger partial charge on any atom is 0.303 e. The number of carboxylic acid groups (broad SMARTS) is 1. The molecule has 20 heavy (non-hydrogen) atoms. The van der Waals surface area contributed by atoms with E-state index in [1.165, 1.54) is 0 Å². The number of nitrogens with zero attached hydrogens (tertiary/aromatic N) is 3. The van der Waals surface area contributed by atoms with Crippen LogP contribution in [0.2, 0.25) is 0 Å². The molecule has 6 nitrogen and oxygen atoms in total. The molecule has 6 heteroatoms. The number of carboxylic acids is 1. The van der Waals surface area contributed by atoms with Gasteiger partial charge in [0.05, 0.1) is 5.69 Å². The SMILES string of the molecule is O=C(O)CCc1c(C2CCOCC2)nn2cccnc12. The molecule has 0 spiro atoms. The zero-order chi connectivity index (χ0) is 13.9. The van der Waals surface area contributed by atoms with E-state index in [-0.39, 0.29) is 6.42 Å². The summed E-state index contributed by atoms with van der Waals surface area (Å²) in [5.41, 5.74) is 2.74. The minimum absolute atomic E-state index is 0.105. The van der Waals surface area contributed by atoms with E-state index in [9.17, 15) is 4.79 Å². The summed E-state index contributed by atoms with van der Waals surface area (Å²) < 4.78 is 7.14. The van der Waals surface area contributed by atoms with Crippen LogP contribution < -0.4 is 0 Å². The van der Waals surface area contributed by atoms with Gasteiger partial charge in [-0.3, -0.25) is 4.79 Å². The molecule has 0 bridgehead atoms. The smallest absolute Gasteiger partial charge is 0.303 e. The van der Waals surface area contributed by atoms with Crippen molar-refractivity contribution >= 4 is 11.6 Å². The summed E-state index contributed by atoms with van der Waals surface area (Å²) in [7, 11) is 0. The van der Waals surface area contributed by atoms with Crippen LogP contribution in [0.15, 0.2) is 18.5 Å². The molecule has 0 aliphatic carbocycles. The van der Waals surface area contributed by atoms with Crippen LogP contribution in [-0.2, 0) is 16.0 Å². The Hall–Kier alpha value is -1.95. The molecule has 2 aromatic rings. The summed E-state index contributed by atoms with van der Waals surface area (Å²) in [6.07, 6.45) is 6.02. The molecule has 1 aliphatic rings. The predicted octanol–water partition coefficient (Wildman–Crippen LogP) is 1.64. The molecule has 0 radical (unpaired) electrons. The van der Waals surface area contributed by atoms with Crippen molar-refractivity contribution in [3.63, 3.8) is 0 Å². The summed E-state index contributed by atoms with van der Waals surface area (Å²) in [5, 5.41) is 13.5. The fraction of sp³-hybridized carbons (Fsp3) is 0.500. The van der Waals surface area contributed by atoms with Crippen molar-refractivity contribution in [2.75, 3.05) is 13.2 Å². The molecule has 0 unspecified atom stereocenters. The van der Waals surface area contributed by atoms with Crippen molar-refractivity contribution in [2.45, 2.75) is 31.6 Å². The highest BCUT2D eigenvalue weighted by molar-refractivity contribution is 5.68. The summed E-state index contributed by atoms with van der Waals surface area (Å²) in [6.45, 7) is 1.48. The number of aliphatic carboxylic acids is 1. The molecule has 1 fully saturated rings. The lowest BCUT2D eigenvalue weighted by Crippen LogP contribution is -2.16. The molecule has 3 heterocycles. The second-order valence-electron chi connectivity index (χ2n) is 5.03. The first-order chi connectivity index (χ1) is 9.75. The van der Waals surface area contributed by atoms with Crippen LogP contribution in [0.25, 0.3) is 5.65 Å². The number of aryl methyl sites for hydroxylation is 1. The Morgan fingerprint density at radius 1 is 1.45 bits per heavy atom. The maximum atomic E-state index is 10.9. The standard InChI is InChI=1S/C14H17N3O3/c18-12(19)3-2-11-13(10-4-8-20-9-5-10)16-17-7-1-6-15-14(11)17/h1,6-7,10H,2-5,8-9H2,(H,18,19). The third-order valence-corrected chi connectivity index (χ3v) is 3.72. The van der Waals surface area contributed by atoms with Crippen molar-refractivity contribution in [1.82, 2.24) is 14.6 Å². The van der Waals surface area contributed by atoms with Gasteiger partial charge in [-0.2, -0.15) is 5.10 Å². The summed E-state index contributed by atoms with van der Waals surface area (Å²) in [4.78, 5) is 15.2.